The van der Waals surface area contributed by atoms with Gasteiger partial charge in [0.05, 0.1) is 6.10 Å². The number of hydrogen-bond acceptors (Lipinski definition) is 2. The Morgan fingerprint density at radius 3 is 2.78 bits per heavy atom. The fraction of sp³-hybridized carbons (Fsp3) is 0.571. The Morgan fingerprint density at radius 1 is 1.33 bits per heavy atom. The van der Waals surface area contributed by atoms with Crippen LogP contribution in [-0.2, 0) is 0 Å². The van der Waals surface area contributed by atoms with Crippen LogP contribution in [0, 0.1) is 18.6 Å². The predicted molar refractivity (Wildman–Crippen MR) is 66.3 cm³/mol. The molecular weight excluding hydrogens is 236 g/mol. The third kappa shape index (κ3) is 3.06. The Kier molecular flexibility index (Phi) is 4.30. The minimum atomic E-state index is -0.948. The van der Waals surface area contributed by atoms with Crippen molar-refractivity contribution in [2.24, 2.45) is 0 Å². The van der Waals surface area contributed by atoms with Gasteiger partial charge in [0.1, 0.15) is 11.6 Å². The van der Waals surface area contributed by atoms with Crippen molar-refractivity contribution in [2.45, 2.75) is 44.8 Å². The topological polar surface area (TPSA) is 32.3 Å². The molecule has 0 saturated carbocycles. The molecular formula is C14H19F2NO. The molecule has 1 aliphatic rings. The van der Waals surface area contributed by atoms with E-state index in [0.717, 1.165) is 37.9 Å². The number of halogens is 2. The minimum absolute atomic E-state index is 0.0606. The van der Waals surface area contributed by atoms with E-state index in [4.69, 9.17) is 0 Å². The van der Waals surface area contributed by atoms with Gasteiger partial charge >= 0.3 is 0 Å². The molecule has 4 heteroatoms. The van der Waals surface area contributed by atoms with Crippen LogP contribution in [0.2, 0.25) is 0 Å². The Balaban J connectivity index is 2.08. The van der Waals surface area contributed by atoms with Crippen LogP contribution in [0.5, 0.6) is 0 Å². The van der Waals surface area contributed by atoms with Crippen molar-refractivity contribution in [1.29, 1.82) is 0 Å². The molecule has 0 amide bonds. The Bertz CT molecular complexity index is 417. The zero-order chi connectivity index (χ0) is 13.1. The molecule has 18 heavy (non-hydrogen) atoms. The zero-order valence-electron chi connectivity index (χ0n) is 10.5. The highest BCUT2D eigenvalue weighted by atomic mass is 19.1. The van der Waals surface area contributed by atoms with Gasteiger partial charge in [-0.25, -0.2) is 8.78 Å². The molecule has 1 heterocycles. The first-order chi connectivity index (χ1) is 8.58. The summed E-state index contributed by atoms with van der Waals surface area (Å²) >= 11 is 0. The van der Waals surface area contributed by atoms with Crippen molar-refractivity contribution < 1.29 is 13.9 Å². The number of aliphatic hydroxyl groups is 1. The molecule has 0 aromatic heterocycles. The van der Waals surface area contributed by atoms with Crippen molar-refractivity contribution in [2.75, 3.05) is 6.54 Å². The monoisotopic (exact) mass is 255 g/mol. The highest BCUT2D eigenvalue weighted by Crippen LogP contribution is 2.26. The fourth-order valence-corrected chi connectivity index (χ4v) is 2.44. The molecule has 0 radical (unpaired) electrons. The van der Waals surface area contributed by atoms with Gasteiger partial charge in [0.15, 0.2) is 0 Å². The predicted octanol–water partition coefficient (Wildman–Crippen LogP) is 2.84. The number of benzene rings is 1. The minimum Gasteiger partial charge on any atom is -0.388 e. The van der Waals surface area contributed by atoms with Crippen LogP contribution in [0.15, 0.2) is 12.1 Å². The molecule has 0 aliphatic carbocycles. The maximum absolute atomic E-state index is 13.7. The summed E-state index contributed by atoms with van der Waals surface area (Å²) < 4.78 is 27.1. The summed E-state index contributed by atoms with van der Waals surface area (Å²) in [6, 6.07) is 2.44. The highest BCUT2D eigenvalue weighted by molar-refractivity contribution is 5.27. The quantitative estimate of drug-likeness (QED) is 0.870. The van der Waals surface area contributed by atoms with E-state index in [1.54, 1.807) is 0 Å². The van der Waals surface area contributed by atoms with E-state index in [1.165, 1.54) is 6.92 Å². The van der Waals surface area contributed by atoms with E-state index < -0.39 is 17.7 Å². The second-order valence-electron chi connectivity index (χ2n) is 5.02. The Labute approximate surface area is 106 Å². The van der Waals surface area contributed by atoms with Gasteiger partial charge in [0.2, 0.25) is 0 Å². The maximum Gasteiger partial charge on any atom is 0.129 e. The summed E-state index contributed by atoms with van der Waals surface area (Å²) in [4.78, 5) is 0. The second kappa shape index (κ2) is 5.76. The highest BCUT2D eigenvalue weighted by Gasteiger charge is 2.21. The first kappa shape index (κ1) is 13.4. The molecule has 100 valence electrons. The number of aryl methyl sites for hydroxylation is 1. The normalized spacial score (nSPS) is 21.9. The van der Waals surface area contributed by atoms with Crippen LogP contribution in [0.25, 0.3) is 0 Å². The number of aliphatic hydroxyl groups excluding tert-OH is 1. The van der Waals surface area contributed by atoms with E-state index in [-0.39, 0.29) is 17.2 Å². The van der Waals surface area contributed by atoms with E-state index in [1.807, 2.05) is 0 Å². The average molecular weight is 255 g/mol. The fourth-order valence-electron chi connectivity index (χ4n) is 2.44. The van der Waals surface area contributed by atoms with Crippen LogP contribution in [0.4, 0.5) is 8.78 Å². The molecule has 0 spiro atoms. The van der Waals surface area contributed by atoms with Gasteiger partial charge in [-0.2, -0.15) is 0 Å². The second-order valence-corrected chi connectivity index (χ2v) is 5.02. The third-order valence-corrected chi connectivity index (χ3v) is 3.56. The van der Waals surface area contributed by atoms with Gasteiger partial charge in [-0.15, -0.1) is 0 Å². The van der Waals surface area contributed by atoms with E-state index >= 15 is 0 Å². The van der Waals surface area contributed by atoms with Gasteiger partial charge in [-0.3, -0.25) is 0 Å². The first-order valence-corrected chi connectivity index (χ1v) is 6.45. The largest absolute Gasteiger partial charge is 0.388 e. The summed E-state index contributed by atoms with van der Waals surface area (Å²) in [5.41, 5.74) is 0.324. The molecule has 1 aliphatic heterocycles. The Morgan fingerprint density at radius 2 is 2.11 bits per heavy atom. The van der Waals surface area contributed by atoms with Crippen LogP contribution < -0.4 is 5.32 Å². The van der Waals surface area contributed by atoms with Crippen molar-refractivity contribution in [3.05, 3.63) is 34.9 Å². The van der Waals surface area contributed by atoms with Crippen LogP contribution in [-0.4, -0.2) is 17.7 Å². The number of hydrogen-bond donors (Lipinski definition) is 2. The molecule has 1 fully saturated rings. The lowest BCUT2D eigenvalue weighted by atomic mass is 9.95. The molecule has 2 nitrogen and oxygen atoms in total. The molecule has 1 aromatic rings. The summed E-state index contributed by atoms with van der Waals surface area (Å²) in [6.07, 6.45) is 2.72. The smallest absolute Gasteiger partial charge is 0.129 e. The van der Waals surface area contributed by atoms with Gasteiger partial charge < -0.3 is 10.4 Å². The molecule has 2 N–H and O–H groups in total. The lowest BCUT2D eigenvalue weighted by Crippen LogP contribution is -2.35. The van der Waals surface area contributed by atoms with Crippen LogP contribution >= 0.6 is 0 Å². The van der Waals surface area contributed by atoms with E-state index in [0.29, 0.717) is 6.42 Å². The van der Waals surface area contributed by atoms with Gasteiger partial charge in [0.25, 0.3) is 0 Å². The SMILES string of the molecule is Cc1cc(F)c(C(O)CC2CCCCN2)cc1F. The van der Waals surface area contributed by atoms with Crippen molar-refractivity contribution in [3.63, 3.8) is 0 Å². The van der Waals surface area contributed by atoms with Gasteiger partial charge in [-0.1, -0.05) is 6.42 Å². The van der Waals surface area contributed by atoms with E-state index in [9.17, 15) is 13.9 Å². The average Bonchev–Trinajstić information content (AvgIpc) is 2.35. The maximum atomic E-state index is 13.7. The first-order valence-electron chi connectivity index (χ1n) is 6.45. The van der Waals surface area contributed by atoms with Crippen molar-refractivity contribution in [1.82, 2.24) is 5.32 Å². The summed E-state index contributed by atoms with van der Waals surface area (Å²) in [6.45, 7) is 2.44. The van der Waals surface area contributed by atoms with Gasteiger partial charge in [0, 0.05) is 11.6 Å². The van der Waals surface area contributed by atoms with Crippen molar-refractivity contribution >= 4 is 0 Å². The summed E-state index contributed by atoms with van der Waals surface area (Å²) in [5, 5.41) is 13.3. The molecule has 1 aromatic carbocycles. The zero-order valence-corrected chi connectivity index (χ0v) is 10.5. The standard InChI is InChI=1S/C14H19F2NO/c1-9-6-13(16)11(8-12(9)15)14(18)7-10-4-2-3-5-17-10/h6,8,10,14,17-18H,2-5,7H2,1H3. The third-order valence-electron chi connectivity index (χ3n) is 3.56. The van der Waals surface area contributed by atoms with Gasteiger partial charge in [-0.05, 0) is 50.4 Å². The lowest BCUT2D eigenvalue weighted by Gasteiger charge is -2.26. The van der Waals surface area contributed by atoms with Crippen molar-refractivity contribution in [3.8, 4) is 0 Å². The molecule has 0 bridgehead atoms. The molecule has 2 unspecified atom stereocenters. The van der Waals surface area contributed by atoms with Crippen LogP contribution in [0.3, 0.4) is 0 Å². The molecule has 2 atom stereocenters. The number of piperidine rings is 1. The summed E-state index contributed by atoms with van der Waals surface area (Å²) in [5.74, 6) is -1.00. The Hall–Kier alpha value is -1.00. The molecule has 1 saturated heterocycles. The molecule has 2 rings (SSSR count). The number of nitrogens with one attached hydrogen (secondary N) is 1. The number of rotatable bonds is 3. The summed E-state index contributed by atoms with van der Waals surface area (Å²) in [7, 11) is 0. The van der Waals surface area contributed by atoms with Crippen LogP contribution in [0.1, 0.15) is 42.9 Å². The lowest BCUT2D eigenvalue weighted by molar-refractivity contribution is 0.140. The van der Waals surface area contributed by atoms with E-state index in [2.05, 4.69) is 5.32 Å².